The van der Waals surface area contributed by atoms with Crippen LogP contribution in [0, 0.1) is 0 Å². The lowest BCUT2D eigenvalue weighted by molar-refractivity contribution is 0.328. The SMILES string of the molecule is CCCCCO[SiH2]C=C(c1ccccc1)c1ccccc1. The quantitative estimate of drug-likeness (QED) is 0.519. The zero-order chi connectivity index (χ0) is 14.8. The minimum atomic E-state index is -0.614. The molecule has 0 unspecified atom stereocenters. The largest absolute Gasteiger partial charge is 0.419 e. The van der Waals surface area contributed by atoms with Gasteiger partial charge in [0.05, 0.1) is 0 Å². The van der Waals surface area contributed by atoms with Crippen molar-refractivity contribution in [1.29, 1.82) is 0 Å². The summed E-state index contributed by atoms with van der Waals surface area (Å²) in [6.07, 6.45) is 3.70. The van der Waals surface area contributed by atoms with Gasteiger partial charge in [0.1, 0.15) is 0 Å². The number of unbranched alkanes of at least 4 members (excludes halogenated alkanes) is 2. The summed E-state index contributed by atoms with van der Waals surface area (Å²) in [5, 5.41) is 0. The van der Waals surface area contributed by atoms with E-state index in [1.807, 2.05) is 0 Å². The van der Waals surface area contributed by atoms with E-state index in [1.54, 1.807) is 0 Å². The standard InChI is InChI=1S/C19H24OSi/c1-2-3-10-15-20-21-16-19(17-11-6-4-7-12-17)18-13-8-5-9-14-18/h4-9,11-14,16H,2-3,10,15,21H2,1H3. The van der Waals surface area contributed by atoms with Gasteiger partial charge in [0.25, 0.3) is 0 Å². The fourth-order valence-electron chi connectivity index (χ4n) is 2.32. The van der Waals surface area contributed by atoms with Gasteiger partial charge >= 0.3 is 0 Å². The lowest BCUT2D eigenvalue weighted by Gasteiger charge is -2.09. The van der Waals surface area contributed by atoms with Gasteiger partial charge in [-0.3, -0.25) is 0 Å². The van der Waals surface area contributed by atoms with E-state index in [2.05, 4.69) is 73.3 Å². The molecule has 0 saturated heterocycles. The summed E-state index contributed by atoms with van der Waals surface area (Å²) in [6.45, 7) is 3.13. The number of hydrogen-bond donors (Lipinski definition) is 0. The van der Waals surface area contributed by atoms with E-state index in [0.29, 0.717) is 0 Å². The smallest absolute Gasteiger partial charge is 0.185 e. The van der Waals surface area contributed by atoms with E-state index < -0.39 is 9.76 Å². The molecular formula is C19H24OSi. The van der Waals surface area contributed by atoms with Gasteiger partial charge in [-0.05, 0) is 23.1 Å². The fourth-order valence-corrected chi connectivity index (χ4v) is 3.44. The average molecular weight is 296 g/mol. The summed E-state index contributed by atoms with van der Waals surface area (Å²) < 4.78 is 5.87. The highest BCUT2D eigenvalue weighted by atomic mass is 28.2. The van der Waals surface area contributed by atoms with Gasteiger partial charge in [-0.15, -0.1) is 0 Å². The van der Waals surface area contributed by atoms with Crippen LogP contribution in [0.2, 0.25) is 0 Å². The van der Waals surface area contributed by atoms with Crippen LogP contribution < -0.4 is 0 Å². The van der Waals surface area contributed by atoms with Crippen LogP contribution in [0.15, 0.2) is 66.4 Å². The Morgan fingerprint density at radius 1 is 0.905 bits per heavy atom. The Morgan fingerprint density at radius 3 is 2.00 bits per heavy atom. The van der Waals surface area contributed by atoms with Crippen molar-refractivity contribution in [3.8, 4) is 0 Å². The Morgan fingerprint density at radius 2 is 1.48 bits per heavy atom. The fraction of sp³-hybridized carbons (Fsp3) is 0.263. The van der Waals surface area contributed by atoms with Crippen molar-refractivity contribution in [2.24, 2.45) is 0 Å². The molecule has 21 heavy (non-hydrogen) atoms. The topological polar surface area (TPSA) is 9.23 Å². The monoisotopic (exact) mass is 296 g/mol. The molecule has 0 bridgehead atoms. The van der Waals surface area contributed by atoms with Crippen LogP contribution in [0.5, 0.6) is 0 Å². The molecule has 110 valence electrons. The average Bonchev–Trinajstić information content (AvgIpc) is 2.56. The third-order valence-corrected chi connectivity index (χ3v) is 4.57. The van der Waals surface area contributed by atoms with Crippen molar-refractivity contribution in [3.05, 3.63) is 77.5 Å². The third kappa shape index (κ3) is 5.33. The molecule has 2 aromatic rings. The van der Waals surface area contributed by atoms with Crippen LogP contribution in [-0.2, 0) is 4.43 Å². The molecule has 2 rings (SSSR count). The summed E-state index contributed by atoms with van der Waals surface area (Å²) in [7, 11) is -0.614. The minimum absolute atomic E-state index is 0.614. The molecular weight excluding hydrogens is 272 g/mol. The molecule has 0 aromatic heterocycles. The maximum Gasteiger partial charge on any atom is 0.185 e. The number of rotatable bonds is 8. The van der Waals surface area contributed by atoms with E-state index in [9.17, 15) is 0 Å². The molecule has 2 aromatic carbocycles. The van der Waals surface area contributed by atoms with Crippen molar-refractivity contribution in [2.75, 3.05) is 6.61 Å². The number of hydrogen-bond acceptors (Lipinski definition) is 1. The Hall–Kier alpha value is -1.64. The first-order valence-corrected chi connectivity index (χ1v) is 9.20. The minimum Gasteiger partial charge on any atom is -0.419 e. The van der Waals surface area contributed by atoms with Crippen LogP contribution >= 0.6 is 0 Å². The molecule has 0 radical (unpaired) electrons. The number of benzene rings is 2. The predicted molar refractivity (Wildman–Crippen MR) is 94.0 cm³/mol. The molecule has 1 nitrogen and oxygen atoms in total. The lowest BCUT2D eigenvalue weighted by Crippen LogP contribution is -2.00. The van der Waals surface area contributed by atoms with Crippen LogP contribution in [0.4, 0.5) is 0 Å². The van der Waals surface area contributed by atoms with Crippen molar-refractivity contribution >= 4 is 15.3 Å². The van der Waals surface area contributed by atoms with Crippen molar-refractivity contribution < 1.29 is 4.43 Å². The molecule has 2 heteroatoms. The first kappa shape index (κ1) is 15.7. The molecule has 0 heterocycles. The Bertz CT molecular complexity index is 493. The van der Waals surface area contributed by atoms with Crippen molar-refractivity contribution in [2.45, 2.75) is 26.2 Å². The van der Waals surface area contributed by atoms with Gasteiger partial charge in [0, 0.05) is 6.61 Å². The molecule has 0 aliphatic carbocycles. The zero-order valence-corrected chi connectivity index (χ0v) is 14.2. The van der Waals surface area contributed by atoms with Crippen molar-refractivity contribution in [1.82, 2.24) is 0 Å². The van der Waals surface area contributed by atoms with E-state index in [-0.39, 0.29) is 0 Å². The van der Waals surface area contributed by atoms with Crippen LogP contribution in [0.1, 0.15) is 37.3 Å². The summed E-state index contributed by atoms with van der Waals surface area (Å²) in [5.41, 5.74) is 6.18. The van der Waals surface area contributed by atoms with E-state index in [4.69, 9.17) is 4.43 Å². The van der Waals surface area contributed by atoms with Crippen LogP contribution in [-0.4, -0.2) is 16.4 Å². The summed E-state index contributed by atoms with van der Waals surface area (Å²) in [6, 6.07) is 21.2. The van der Waals surface area contributed by atoms with Gasteiger partial charge in [-0.25, -0.2) is 0 Å². The highest BCUT2D eigenvalue weighted by molar-refractivity contribution is 6.37. The molecule has 0 N–H and O–H groups in total. The second-order valence-corrected chi connectivity index (χ2v) is 6.28. The summed E-state index contributed by atoms with van der Waals surface area (Å²) in [4.78, 5) is 0. The van der Waals surface area contributed by atoms with Gasteiger partial charge in [0.15, 0.2) is 9.76 Å². The van der Waals surface area contributed by atoms with E-state index >= 15 is 0 Å². The third-order valence-electron chi connectivity index (χ3n) is 3.47. The predicted octanol–water partition coefficient (Wildman–Crippen LogP) is 4.37. The molecule has 0 fully saturated rings. The summed E-state index contributed by atoms with van der Waals surface area (Å²) >= 11 is 0. The molecule has 0 saturated carbocycles. The molecule has 0 aliphatic rings. The zero-order valence-electron chi connectivity index (χ0n) is 12.8. The van der Waals surface area contributed by atoms with E-state index in [0.717, 1.165) is 6.61 Å². The van der Waals surface area contributed by atoms with Gasteiger partial charge in [0.2, 0.25) is 0 Å². The highest BCUT2D eigenvalue weighted by Crippen LogP contribution is 2.22. The first-order valence-electron chi connectivity index (χ1n) is 7.80. The molecule has 0 atom stereocenters. The lowest BCUT2D eigenvalue weighted by atomic mass is 10.00. The van der Waals surface area contributed by atoms with Crippen LogP contribution in [0.3, 0.4) is 0 Å². The van der Waals surface area contributed by atoms with Crippen molar-refractivity contribution in [3.63, 3.8) is 0 Å². The normalized spacial score (nSPS) is 10.9. The maximum absolute atomic E-state index is 5.87. The highest BCUT2D eigenvalue weighted by Gasteiger charge is 2.03. The van der Waals surface area contributed by atoms with Crippen LogP contribution in [0.25, 0.3) is 5.57 Å². The summed E-state index contributed by atoms with van der Waals surface area (Å²) in [5.74, 6) is 0. The van der Waals surface area contributed by atoms with Gasteiger partial charge < -0.3 is 4.43 Å². The maximum atomic E-state index is 5.87. The van der Waals surface area contributed by atoms with Gasteiger partial charge in [-0.1, -0.05) is 86.1 Å². The van der Waals surface area contributed by atoms with E-state index in [1.165, 1.54) is 36.0 Å². The molecule has 0 aliphatic heterocycles. The Kier molecular flexibility index (Phi) is 6.99. The first-order chi connectivity index (χ1) is 10.4. The second-order valence-electron chi connectivity index (χ2n) is 5.13. The molecule has 0 amide bonds. The Labute approximate surface area is 130 Å². The second kappa shape index (κ2) is 9.32. The Balaban J connectivity index is 2.06. The van der Waals surface area contributed by atoms with Gasteiger partial charge in [-0.2, -0.15) is 0 Å². The molecule has 0 spiro atoms.